The zero-order valence-electron chi connectivity index (χ0n) is 8.42. The summed E-state index contributed by atoms with van der Waals surface area (Å²) in [6, 6.07) is 1.57. The van der Waals surface area contributed by atoms with Gasteiger partial charge in [-0.2, -0.15) is 0 Å². The molecule has 0 aliphatic heterocycles. The zero-order valence-corrected chi connectivity index (χ0v) is 8.42. The number of carbonyl (C=O) groups excluding carboxylic acids is 3. The third kappa shape index (κ3) is 1.58. The van der Waals surface area contributed by atoms with Crippen molar-refractivity contribution in [1.82, 2.24) is 4.98 Å². The monoisotopic (exact) mass is 215 g/mol. The van der Waals surface area contributed by atoms with E-state index in [1.54, 1.807) is 12.1 Å². The van der Waals surface area contributed by atoms with Gasteiger partial charge in [-0.25, -0.2) is 0 Å². The molecule has 2 rings (SSSR count). The number of hydrogen-bond donors (Lipinski definition) is 0. The Bertz CT molecular complexity index is 491. The third-order valence-electron chi connectivity index (χ3n) is 2.65. The van der Waals surface area contributed by atoms with Crippen LogP contribution in [0, 0.1) is 0 Å². The SMILES string of the molecule is O=CC1=Cc2nccc(C=O)c2C(C=O)C1. The Morgan fingerprint density at radius 1 is 1.25 bits per heavy atom. The summed E-state index contributed by atoms with van der Waals surface area (Å²) in [6.07, 6.45) is 5.63. The van der Waals surface area contributed by atoms with E-state index >= 15 is 0 Å². The first kappa shape index (κ1) is 10.4. The lowest BCUT2D eigenvalue weighted by molar-refractivity contribution is -0.109. The lowest BCUT2D eigenvalue weighted by Crippen LogP contribution is -2.13. The number of rotatable bonds is 3. The Morgan fingerprint density at radius 2 is 2.06 bits per heavy atom. The molecule has 1 aliphatic rings. The summed E-state index contributed by atoms with van der Waals surface area (Å²) < 4.78 is 0. The van der Waals surface area contributed by atoms with Crippen LogP contribution in [0.4, 0.5) is 0 Å². The Kier molecular flexibility index (Phi) is 2.72. The predicted octanol–water partition coefficient (Wildman–Crippen LogP) is 1.16. The minimum Gasteiger partial charge on any atom is -0.303 e. The Morgan fingerprint density at radius 3 is 2.69 bits per heavy atom. The van der Waals surface area contributed by atoms with E-state index in [1.165, 1.54) is 6.20 Å². The Balaban J connectivity index is 2.65. The molecule has 0 saturated carbocycles. The van der Waals surface area contributed by atoms with Gasteiger partial charge in [0.05, 0.1) is 5.69 Å². The van der Waals surface area contributed by atoms with Crippen molar-refractivity contribution in [2.75, 3.05) is 0 Å². The van der Waals surface area contributed by atoms with Crippen molar-refractivity contribution >= 4 is 24.9 Å². The van der Waals surface area contributed by atoms with Gasteiger partial charge in [0.2, 0.25) is 0 Å². The molecule has 0 amide bonds. The number of carbonyl (C=O) groups is 3. The number of fused-ring (bicyclic) bond motifs is 1. The second-order valence-corrected chi connectivity index (χ2v) is 3.60. The summed E-state index contributed by atoms with van der Waals surface area (Å²) in [6.45, 7) is 0. The first-order chi connectivity index (χ1) is 7.80. The van der Waals surface area contributed by atoms with Gasteiger partial charge in [-0.15, -0.1) is 0 Å². The molecule has 0 fully saturated rings. The largest absolute Gasteiger partial charge is 0.303 e. The first-order valence-corrected chi connectivity index (χ1v) is 4.85. The lowest BCUT2D eigenvalue weighted by atomic mass is 9.84. The molecule has 4 heteroatoms. The highest BCUT2D eigenvalue weighted by Crippen LogP contribution is 2.32. The van der Waals surface area contributed by atoms with Gasteiger partial charge in [0.15, 0.2) is 0 Å². The van der Waals surface area contributed by atoms with Crippen molar-refractivity contribution in [3.8, 4) is 0 Å². The van der Waals surface area contributed by atoms with E-state index in [0.717, 1.165) is 6.29 Å². The first-order valence-electron chi connectivity index (χ1n) is 4.85. The van der Waals surface area contributed by atoms with Gasteiger partial charge in [0.1, 0.15) is 18.9 Å². The summed E-state index contributed by atoms with van der Waals surface area (Å²) in [5.41, 5.74) is 2.15. The van der Waals surface area contributed by atoms with Crippen LogP contribution in [0.1, 0.15) is 34.0 Å². The standard InChI is InChI=1S/C12H9NO3/c14-5-8-3-10(7-16)12-9(6-15)1-2-13-11(12)4-8/h1-2,4-7,10H,3H2. The average molecular weight is 215 g/mol. The third-order valence-corrected chi connectivity index (χ3v) is 2.65. The molecule has 0 radical (unpaired) electrons. The highest BCUT2D eigenvalue weighted by Gasteiger charge is 2.24. The van der Waals surface area contributed by atoms with Crippen molar-refractivity contribution in [3.05, 3.63) is 34.7 Å². The topological polar surface area (TPSA) is 64.1 Å². The summed E-state index contributed by atoms with van der Waals surface area (Å²) in [5.74, 6) is -0.450. The fraction of sp³-hybridized carbons (Fsp3) is 0.167. The number of hydrogen-bond acceptors (Lipinski definition) is 4. The molecule has 1 aromatic rings. The van der Waals surface area contributed by atoms with Crippen LogP contribution in [0.5, 0.6) is 0 Å². The van der Waals surface area contributed by atoms with E-state index in [2.05, 4.69) is 4.98 Å². The van der Waals surface area contributed by atoms with E-state index in [1.807, 2.05) is 0 Å². The predicted molar refractivity (Wildman–Crippen MR) is 57.1 cm³/mol. The van der Waals surface area contributed by atoms with Crippen LogP contribution < -0.4 is 0 Å². The fourth-order valence-corrected chi connectivity index (χ4v) is 1.92. The highest BCUT2D eigenvalue weighted by molar-refractivity contribution is 5.89. The lowest BCUT2D eigenvalue weighted by Gasteiger charge is -2.19. The summed E-state index contributed by atoms with van der Waals surface area (Å²) in [4.78, 5) is 36.6. The molecule has 1 aliphatic carbocycles. The Labute approximate surface area is 92.0 Å². The van der Waals surface area contributed by atoms with E-state index in [0.29, 0.717) is 41.4 Å². The normalized spacial score (nSPS) is 18.2. The second kappa shape index (κ2) is 4.18. The van der Waals surface area contributed by atoms with Crippen LogP contribution in [0.15, 0.2) is 17.8 Å². The molecule has 80 valence electrons. The number of nitrogens with zero attached hydrogens (tertiary/aromatic N) is 1. The van der Waals surface area contributed by atoms with Crippen LogP contribution in [0.3, 0.4) is 0 Å². The molecular formula is C12H9NO3. The van der Waals surface area contributed by atoms with Crippen molar-refractivity contribution in [1.29, 1.82) is 0 Å². The molecule has 16 heavy (non-hydrogen) atoms. The highest BCUT2D eigenvalue weighted by atomic mass is 16.1. The molecule has 0 bridgehead atoms. The van der Waals surface area contributed by atoms with Gasteiger partial charge in [0, 0.05) is 17.7 Å². The molecular weight excluding hydrogens is 206 g/mol. The molecule has 0 aromatic carbocycles. The maximum atomic E-state index is 11.0. The quantitative estimate of drug-likeness (QED) is 0.710. The van der Waals surface area contributed by atoms with Gasteiger partial charge in [-0.05, 0) is 29.7 Å². The van der Waals surface area contributed by atoms with Crippen LogP contribution in [-0.4, -0.2) is 23.8 Å². The van der Waals surface area contributed by atoms with E-state index in [-0.39, 0.29) is 0 Å². The summed E-state index contributed by atoms with van der Waals surface area (Å²) >= 11 is 0. The molecule has 0 N–H and O–H groups in total. The van der Waals surface area contributed by atoms with Gasteiger partial charge < -0.3 is 4.79 Å². The van der Waals surface area contributed by atoms with E-state index < -0.39 is 5.92 Å². The zero-order chi connectivity index (χ0) is 11.5. The average Bonchev–Trinajstić information content (AvgIpc) is 2.36. The second-order valence-electron chi connectivity index (χ2n) is 3.60. The smallest absolute Gasteiger partial charge is 0.150 e. The molecule has 1 heterocycles. The number of aromatic nitrogens is 1. The van der Waals surface area contributed by atoms with Crippen LogP contribution in [-0.2, 0) is 9.59 Å². The van der Waals surface area contributed by atoms with Gasteiger partial charge in [0.25, 0.3) is 0 Å². The maximum Gasteiger partial charge on any atom is 0.150 e. The number of aldehydes is 3. The number of allylic oxidation sites excluding steroid dienone is 1. The van der Waals surface area contributed by atoms with Crippen molar-refractivity contribution in [2.45, 2.75) is 12.3 Å². The maximum absolute atomic E-state index is 11.0. The van der Waals surface area contributed by atoms with Gasteiger partial charge >= 0.3 is 0 Å². The molecule has 1 aromatic heterocycles. The summed E-state index contributed by atoms with van der Waals surface area (Å²) in [7, 11) is 0. The van der Waals surface area contributed by atoms with Crippen molar-refractivity contribution in [3.63, 3.8) is 0 Å². The van der Waals surface area contributed by atoms with Gasteiger partial charge in [-0.1, -0.05) is 0 Å². The molecule has 0 spiro atoms. The molecule has 1 unspecified atom stereocenters. The van der Waals surface area contributed by atoms with Crippen LogP contribution in [0.2, 0.25) is 0 Å². The van der Waals surface area contributed by atoms with E-state index in [9.17, 15) is 14.4 Å². The van der Waals surface area contributed by atoms with E-state index in [4.69, 9.17) is 0 Å². The van der Waals surface area contributed by atoms with Crippen LogP contribution in [0.25, 0.3) is 6.08 Å². The molecule has 1 atom stereocenters. The minimum atomic E-state index is -0.450. The van der Waals surface area contributed by atoms with Crippen LogP contribution >= 0.6 is 0 Å². The molecule has 4 nitrogen and oxygen atoms in total. The summed E-state index contributed by atoms with van der Waals surface area (Å²) in [5, 5.41) is 0. The molecule has 0 saturated heterocycles. The minimum absolute atomic E-state index is 0.340. The fourth-order valence-electron chi connectivity index (χ4n) is 1.92. The van der Waals surface area contributed by atoms with Crippen molar-refractivity contribution < 1.29 is 14.4 Å². The Hall–Kier alpha value is -2.10. The number of pyridine rings is 1. The van der Waals surface area contributed by atoms with Gasteiger partial charge in [-0.3, -0.25) is 14.6 Å². The van der Waals surface area contributed by atoms with Crippen molar-refractivity contribution in [2.24, 2.45) is 0 Å².